The number of aromatic nitrogens is 2. The van der Waals surface area contributed by atoms with Gasteiger partial charge in [0.25, 0.3) is 6.71 Å². The van der Waals surface area contributed by atoms with Crippen LogP contribution in [-0.4, -0.2) is 32.0 Å². The fourth-order valence-corrected chi connectivity index (χ4v) is 18.1. The van der Waals surface area contributed by atoms with Gasteiger partial charge in [-0.05, 0) is 108 Å². The van der Waals surface area contributed by atoms with E-state index in [1.54, 1.807) is 10.4 Å². The molecule has 0 unspecified atom stereocenters. The Morgan fingerprint density at radius 3 is 1.62 bits per heavy atom. The molecule has 15 rings (SSSR count). The summed E-state index contributed by atoms with van der Waals surface area (Å²) in [5.41, 5.74) is 26.5. The Bertz CT molecular complexity index is 4290. The monoisotopic (exact) mass is 986 g/mol. The van der Waals surface area contributed by atoms with Crippen LogP contribution in [0.2, 0.25) is 36.3 Å². The lowest BCUT2D eigenvalue weighted by atomic mass is 9.33. The van der Waals surface area contributed by atoms with Crippen LogP contribution in [0.3, 0.4) is 0 Å². The average Bonchev–Trinajstić information content (AvgIpc) is 4.03. The topological polar surface area (TPSA) is 9.86 Å². The second kappa shape index (κ2) is 14.3. The van der Waals surface area contributed by atoms with E-state index in [0.717, 1.165) is 0 Å². The van der Waals surface area contributed by atoms with Crippen molar-refractivity contribution in [1.29, 1.82) is 0 Å². The van der Waals surface area contributed by atoms with Crippen LogP contribution in [0.1, 0.15) is 74.9 Å². The van der Waals surface area contributed by atoms with Crippen LogP contribution < -0.4 is 26.8 Å². The van der Waals surface area contributed by atoms with Crippen molar-refractivity contribution in [2.45, 2.75) is 97.1 Å². The number of nitrogens with zero attached hydrogens (tertiary/aromatic N) is 2. The zero-order chi connectivity index (χ0) is 50.9. The Morgan fingerprint density at radius 2 is 1.00 bits per heavy atom. The van der Waals surface area contributed by atoms with Crippen molar-refractivity contribution in [2.75, 3.05) is 0 Å². The minimum atomic E-state index is -2.13. The summed E-state index contributed by atoms with van der Waals surface area (Å²) in [6.45, 7) is 29.9. The lowest BCUT2D eigenvalue weighted by Crippen LogP contribution is -2.62. The first kappa shape index (κ1) is 44.6. The van der Waals surface area contributed by atoms with E-state index in [0.29, 0.717) is 0 Å². The molecule has 0 atom stereocenters. The largest absolute Gasteiger partial charge is 0.310 e. The van der Waals surface area contributed by atoms with Gasteiger partial charge < -0.3 is 9.13 Å². The zero-order valence-electron chi connectivity index (χ0n) is 45.1. The smallest absolute Gasteiger partial charge is 0.253 e. The van der Waals surface area contributed by atoms with E-state index in [-0.39, 0.29) is 16.8 Å². The minimum absolute atomic E-state index is 0.0259. The van der Waals surface area contributed by atoms with Gasteiger partial charge >= 0.3 is 0 Å². The second-order valence-electron chi connectivity index (χ2n) is 25.8. The Kier molecular flexibility index (Phi) is 8.59. The highest BCUT2D eigenvalue weighted by Crippen LogP contribution is 2.62. The Morgan fingerprint density at radius 1 is 0.446 bits per heavy atom. The summed E-state index contributed by atoms with van der Waals surface area (Å²) in [4.78, 5) is 0. The number of benzene rings is 9. The third-order valence-electron chi connectivity index (χ3n) is 20.2. The van der Waals surface area contributed by atoms with Crippen molar-refractivity contribution < 1.29 is 0 Å². The number of rotatable bonds is 4. The van der Waals surface area contributed by atoms with Crippen molar-refractivity contribution in [2.24, 2.45) is 0 Å². The number of fused-ring (bicyclic) bond motifs is 13. The third-order valence-corrected chi connectivity index (χ3v) is 31.1. The van der Waals surface area contributed by atoms with Crippen LogP contribution in [0.4, 0.5) is 0 Å². The summed E-state index contributed by atoms with van der Waals surface area (Å²) in [6.07, 6.45) is 0. The van der Waals surface area contributed by atoms with Gasteiger partial charge in [-0.3, -0.25) is 0 Å². The molecule has 0 radical (unpaired) electrons. The van der Waals surface area contributed by atoms with Crippen LogP contribution in [0, 0.1) is 13.8 Å². The van der Waals surface area contributed by atoms with Gasteiger partial charge in [-0.2, -0.15) is 0 Å². The van der Waals surface area contributed by atoms with Crippen molar-refractivity contribution in [3.8, 4) is 44.9 Å². The molecule has 0 fully saturated rings. The zero-order valence-corrected chi connectivity index (χ0v) is 47.1. The first-order chi connectivity index (χ1) is 35.3. The maximum Gasteiger partial charge on any atom is 0.253 e. The molecule has 0 amide bonds. The lowest BCUT2D eigenvalue weighted by molar-refractivity contribution is 0.728. The summed E-state index contributed by atoms with van der Waals surface area (Å²) in [6, 6.07) is 65.5. The summed E-state index contributed by atoms with van der Waals surface area (Å²) < 4.78 is 5.58. The van der Waals surface area contributed by atoms with E-state index in [1.165, 1.54) is 138 Å². The molecule has 0 N–H and O–H groups in total. The molecule has 2 nitrogen and oxygen atoms in total. The van der Waals surface area contributed by atoms with Crippen molar-refractivity contribution >= 4 is 93.1 Å². The quantitative estimate of drug-likeness (QED) is 0.156. The molecule has 0 bridgehead atoms. The van der Waals surface area contributed by atoms with Crippen LogP contribution in [0.25, 0.3) is 88.4 Å². The number of hydrogen-bond donors (Lipinski definition) is 0. The van der Waals surface area contributed by atoms with Crippen LogP contribution in [0.15, 0.2) is 164 Å². The van der Waals surface area contributed by atoms with E-state index < -0.39 is 21.6 Å². The van der Waals surface area contributed by atoms with Gasteiger partial charge in [-0.15, -0.1) is 0 Å². The van der Waals surface area contributed by atoms with Crippen molar-refractivity contribution in [1.82, 2.24) is 9.13 Å². The summed E-state index contributed by atoms with van der Waals surface area (Å²) in [5, 5.41) is 10.2. The number of aryl methyl sites for hydroxylation is 2. The standard InChI is InChI=1S/C69H63BN2Si2/c1-40-25-29-42(30-26-40)59-52-35-44-19-13-14-20-47(44)60-65(52)71(62(59)43-31-27-41(2)28-32-43)58-34-33-55-66-61(58)70(60)57-39-46(74(11,12)68(6,7)8)37-51-50-36-45(73(9,10)67(3,4)5)38-56(63(50)72(66)64(51)57)69(55)53-23-17-15-21-48(53)49-22-16-18-24-54(49)69/h13-39H,1-12H3. The summed E-state index contributed by atoms with van der Waals surface area (Å²) >= 11 is 0. The molecular formula is C69H63BN2Si2. The van der Waals surface area contributed by atoms with Crippen LogP contribution in [0.5, 0.6) is 0 Å². The first-order valence-electron chi connectivity index (χ1n) is 27.1. The molecule has 74 heavy (non-hydrogen) atoms. The van der Waals surface area contributed by atoms with E-state index in [2.05, 4.69) is 255 Å². The Labute approximate surface area is 438 Å². The molecule has 360 valence electrons. The first-order valence-corrected chi connectivity index (χ1v) is 33.1. The Balaban J connectivity index is 1.23. The second-order valence-corrected chi connectivity index (χ2v) is 36.5. The molecule has 11 aromatic rings. The molecule has 9 aromatic carbocycles. The molecule has 0 saturated carbocycles. The number of hydrogen-bond acceptors (Lipinski definition) is 0. The fourth-order valence-electron chi connectivity index (χ4n) is 14.3. The van der Waals surface area contributed by atoms with Crippen molar-refractivity contribution in [3.05, 3.63) is 197 Å². The predicted molar refractivity (Wildman–Crippen MR) is 325 cm³/mol. The summed E-state index contributed by atoms with van der Waals surface area (Å²) in [7, 11) is -4.26. The van der Waals surface area contributed by atoms with E-state index in [1.807, 2.05) is 0 Å². The van der Waals surface area contributed by atoms with E-state index in [4.69, 9.17) is 0 Å². The van der Waals surface area contributed by atoms with Crippen LogP contribution >= 0.6 is 0 Å². The average molecular weight is 987 g/mol. The van der Waals surface area contributed by atoms with Gasteiger partial charge in [0.2, 0.25) is 0 Å². The Hall–Kier alpha value is -6.92. The molecule has 1 aliphatic carbocycles. The predicted octanol–water partition coefficient (Wildman–Crippen LogP) is 15.1. The van der Waals surface area contributed by atoms with Gasteiger partial charge in [0.1, 0.15) is 0 Å². The molecule has 0 saturated heterocycles. The SMILES string of the molecule is Cc1ccc(-c2c(-c3ccc(C)cc3)n3c4c(c5ccccc5cc24)B2c4c-3ccc3c4-n4c5c2cc([Si](C)(C)C(C)(C)C)cc5c2cc([Si](C)(C)C(C)(C)C)cc(c24)C32c3ccccc3-c3ccccc32)cc1. The molecule has 3 aliphatic heterocycles. The minimum Gasteiger partial charge on any atom is -0.310 e. The molecule has 4 aliphatic rings. The maximum atomic E-state index is 2.84. The van der Waals surface area contributed by atoms with E-state index in [9.17, 15) is 0 Å². The maximum absolute atomic E-state index is 2.84. The van der Waals surface area contributed by atoms with Gasteiger partial charge in [0.15, 0.2) is 0 Å². The highest BCUT2D eigenvalue weighted by molar-refractivity contribution is 7.02. The normalized spacial score (nSPS) is 14.8. The molecule has 5 heterocycles. The van der Waals surface area contributed by atoms with Crippen molar-refractivity contribution in [3.63, 3.8) is 0 Å². The van der Waals surface area contributed by atoms with E-state index >= 15 is 0 Å². The van der Waals surface area contributed by atoms with Gasteiger partial charge in [-0.25, -0.2) is 0 Å². The molecule has 2 aromatic heterocycles. The molecule has 1 spiro atoms. The molecular weight excluding hydrogens is 924 g/mol. The van der Waals surface area contributed by atoms with Gasteiger partial charge in [0, 0.05) is 38.6 Å². The van der Waals surface area contributed by atoms with Crippen LogP contribution in [-0.2, 0) is 5.41 Å². The molecule has 5 heteroatoms. The highest BCUT2D eigenvalue weighted by atomic mass is 28.3. The summed E-state index contributed by atoms with van der Waals surface area (Å²) in [5.74, 6) is 0. The van der Waals surface area contributed by atoms with Gasteiger partial charge in [0.05, 0.1) is 38.3 Å². The third kappa shape index (κ3) is 5.27. The fraction of sp³-hybridized carbons (Fsp3) is 0.217. The highest BCUT2D eigenvalue weighted by Gasteiger charge is 2.56. The van der Waals surface area contributed by atoms with Gasteiger partial charge in [-0.1, -0.05) is 241 Å². The lowest BCUT2D eigenvalue weighted by Gasteiger charge is -2.45.